The lowest BCUT2D eigenvalue weighted by atomic mass is 10.0. The van der Waals surface area contributed by atoms with Gasteiger partial charge in [-0.3, -0.25) is 4.79 Å². The Hall–Kier alpha value is -1.07. The Kier molecular flexibility index (Phi) is 11.6. The summed E-state index contributed by atoms with van der Waals surface area (Å²) in [6.07, 6.45) is 3.42. The summed E-state index contributed by atoms with van der Waals surface area (Å²) in [7, 11) is 0. The molecule has 5 N–H and O–H groups in total. The number of amides is 3. The molecular formula is C18H34N4O5S. The zero-order chi connectivity index (χ0) is 20.0. The minimum Gasteiger partial charge on any atom is -0.378 e. The zero-order valence-corrected chi connectivity index (χ0v) is 17.3. The van der Waals surface area contributed by atoms with Crippen LogP contribution in [-0.4, -0.2) is 87.8 Å². The highest BCUT2D eigenvalue weighted by Gasteiger charge is 2.42. The van der Waals surface area contributed by atoms with E-state index in [1.807, 2.05) is 11.8 Å². The van der Waals surface area contributed by atoms with Crippen LogP contribution in [0.5, 0.6) is 0 Å². The molecular weight excluding hydrogens is 384 g/mol. The van der Waals surface area contributed by atoms with Gasteiger partial charge in [-0.05, 0) is 12.8 Å². The first-order valence-electron chi connectivity index (χ1n) is 10.1. The molecule has 2 aliphatic rings. The van der Waals surface area contributed by atoms with Crippen molar-refractivity contribution in [3.05, 3.63) is 0 Å². The number of rotatable bonds is 16. The molecule has 0 unspecified atom stereocenters. The molecule has 0 aromatic rings. The number of hydrogen-bond donors (Lipinski definition) is 4. The van der Waals surface area contributed by atoms with E-state index in [0.29, 0.717) is 64.4 Å². The first kappa shape index (κ1) is 23.2. The molecule has 0 aromatic heterocycles. The molecule has 3 amide bonds. The van der Waals surface area contributed by atoms with Crippen molar-refractivity contribution in [2.24, 2.45) is 5.73 Å². The second-order valence-electron chi connectivity index (χ2n) is 6.84. The molecule has 0 bridgehead atoms. The Morgan fingerprint density at radius 2 is 1.79 bits per heavy atom. The standard InChI is InChI=1S/C18H34N4O5S/c19-5-7-25-9-11-27-12-10-26-8-6-20-16(23)4-2-1-3-15-17-14(13-28-15)21-18(24)22-17/h14-15,17H,1-13,19H2,(H,20,23)(H2,21,22,24)/t14-,15-,17-/m0/s1. The summed E-state index contributed by atoms with van der Waals surface area (Å²) in [6.45, 7) is 4.15. The minimum atomic E-state index is -0.0509. The number of nitrogens with one attached hydrogen (secondary N) is 3. The van der Waals surface area contributed by atoms with Crippen LogP contribution in [0.2, 0.25) is 0 Å². The van der Waals surface area contributed by atoms with E-state index in [0.717, 1.165) is 25.0 Å². The van der Waals surface area contributed by atoms with Crippen molar-refractivity contribution in [2.45, 2.75) is 43.0 Å². The number of ether oxygens (including phenoxy) is 3. The topological polar surface area (TPSA) is 124 Å². The van der Waals surface area contributed by atoms with Gasteiger partial charge in [0.25, 0.3) is 0 Å². The number of hydrogen-bond acceptors (Lipinski definition) is 7. The highest BCUT2D eigenvalue weighted by Crippen LogP contribution is 2.33. The van der Waals surface area contributed by atoms with Crippen LogP contribution in [-0.2, 0) is 19.0 Å². The second-order valence-corrected chi connectivity index (χ2v) is 8.12. The quantitative estimate of drug-likeness (QED) is 0.203. The summed E-state index contributed by atoms with van der Waals surface area (Å²) in [5.41, 5.74) is 5.31. The molecule has 0 spiro atoms. The lowest BCUT2D eigenvalue weighted by molar-refractivity contribution is -0.121. The smallest absolute Gasteiger partial charge is 0.315 e. The maximum absolute atomic E-state index is 11.8. The fourth-order valence-corrected chi connectivity index (χ4v) is 4.79. The average molecular weight is 419 g/mol. The highest BCUT2D eigenvalue weighted by molar-refractivity contribution is 8.00. The summed E-state index contributed by atoms with van der Waals surface area (Å²) in [4.78, 5) is 23.2. The molecule has 0 aromatic carbocycles. The number of fused-ring (bicyclic) bond motifs is 1. The van der Waals surface area contributed by atoms with Crippen molar-refractivity contribution in [1.29, 1.82) is 0 Å². The SMILES string of the molecule is NCCOCCOCCOCCNC(=O)CCCC[C@@H]1SC[C@@H]2NC(=O)N[C@@H]21. The Morgan fingerprint density at radius 1 is 1.07 bits per heavy atom. The molecule has 2 aliphatic heterocycles. The predicted octanol–water partition coefficient (Wildman–Crippen LogP) is -0.163. The van der Waals surface area contributed by atoms with Crippen molar-refractivity contribution in [3.8, 4) is 0 Å². The molecule has 10 heteroatoms. The number of carbonyl (C=O) groups excluding carboxylic acids is 2. The molecule has 162 valence electrons. The van der Waals surface area contributed by atoms with Gasteiger partial charge in [0.1, 0.15) is 0 Å². The molecule has 9 nitrogen and oxygen atoms in total. The fraction of sp³-hybridized carbons (Fsp3) is 0.889. The van der Waals surface area contributed by atoms with Crippen molar-refractivity contribution in [3.63, 3.8) is 0 Å². The van der Waals surface area contributed by atoms with E-state index >= 15 is 0 Å². The van der Waals surface area contributed by atoms with Gasteiger partial charge in [0.15, 0.2) is 0 Å². The summed E-state index contributed by atoms with van der Waals surface area (Å²) < 4.78 is 15.9. The van der Waals surface area contributed by atoms with Crippen LogP contribution in [0.1, 0.15) is 25.7 Å². The average Bonchev–Trinajstić information content (AvgIpc) is 3.22. The van der Waals surface area contributed by atoms with Crippen LogP contribution in [0, 0.1) is 0 Å². The first-order valence-corrected chi connectivity index (χ1v) is 11.1. The number of carbonyl (C=O) groups is 2. The zero-order valence-electron chi connectivity index (χ0n) is 16.5. The minimum absolute atomic E-state index is 0.0509. The van der Waals surface area contributed by atoms with E-state index in [2.05, 4.69) is 16.0 Å². The van der Waals surface area contributed by atoms with Crippen molar-refractivity contribution in [1.82, 2.24) is 16.0 Å². The fourth-order valence-electron chi connectivity index (χ4n) is 3.25. The van der Waals surface area contributed by atoms with E-state index in [9.17, 15) is 9.59 Å². The van der Waals surface area contributed by atoms with Gasteiger partial charge in [-0.2, -0.15) is 11.8 Å². The van der Waals surface area contributed by atoms with E-state index in [1.165, 1.54) is 0 Å². The van der Waals surface area contributed by atoms with Gasteiger partial charge in [-0.25, -0.2) is 4.79 Å². The van der Waals surface area contributed by atoms with Crippen LogP contribution >= 0.6 is 11.8 Å². The predicted molar refractivity (Wildman–Crippen MR) is 108 cm³/mol. The van der Waals surface area contributed by atoms with Gasteiger partial charge in [-0.1, -0.05) is 6.42 Å². The van der Waals surface area contributed by atoms with Gasteiger partial charge in [0.05, 0.1) is 51.7 Å². The van der Waals surface area contributed by atoms with Crippen LogP contribution in [0.25, 0.3) is 0 Å². The Labute approximate surface area is 171 Å². The van der Waals surface area contributed by atoms with E-state index in [1.54, 1.807) is 0 Å². The third kappa shape index (κ3) is 8.95. The number of thioether (sulfide) groups is 1. The largest absolute Gasteiger partial charge is 0.378 e. The van der Waals surface area contributed by atoms with Crippen LogP contribution in [0.15, 0.2) is 0 Å². The van der Waals surface area contributed by atoms with Crippen LogP contribution in [0.3, 0.4) is 0 Å². The summed E-state index contributed by atoms with van der Waals surface area (Å²) in [6, 6.07) is 0.455. The lowest BCUT2D eigenvalue weighted by Gasteiger charge is -2.16. The summed E-state index contributed by atoms with van der Waals surface area (Å²) >= 11 is 1.91. The third-order valence-corrected chi connectivity index (χ3v) is 6.16. The summed E-state index contributed by atoms with van der Waals surface area (Å²) in [5, 5.41) is 9.26. The number of urea groups is 1. The third-order valence-electron chi connectivity index (χ3n) is 4.66. The van der Waals surface area contributed by atoms with Gasteiger partial charge in [0, 0.05) is 30.5 Å². The molecule has 28 heavy (non-hydrogen) atoms. The molecule has 0 radical (unpaired) electrons. The number of nitrogens with two attached hydrogens (primary N) is 1. The normalized spacial score (nSPS) is 23.3. The van der Waals surface area contributed by atoms with Gasteiger partial charge in [-0.15, -0.1) is 0 Å². The Bertz CT molecular complexity index is 471. The Balaban J connectivity index is 1.34. The molecule has 0 saturated carbocycles. The summed E-state index contributed by atoms with van der Waals surface area (Å²) in [5.74, 6) is 1.03. The van der Waals surface area contributed by atoms with E-state index < -0.39 is 0 Å². The van der Waals surface area contributed by atoms with Gasteiger partial charge in [0.2, 0.25) is 5.91 Å². The van der Waals surface area contributed by atoms with E-state index in [4.69, 9.17) is 19.9 Å². The number of unbranched alkanes of at least 4 members (excludes halogenated alkanes) is 1. The monoisotopic (exact) mass is 418 g/mol. The van der Waals surface area contributed by atoms with Gasteiger partial charge < -0.3 is 35.9 Å². The molecule has 2 heterocycles. The van der Waals surface area contributed by atoms with Crippen LogP contribution < -0.4 is 21.7 Å². The first-order chi connectivity index (χ1) is 13.7. The molecule has 0 aliphatic carbocycles. The molecule has 3 atom stereocenters. The molecule has 2 fully saturated rings. The lowest BCUT2D eigenvalue weighted by Crippen LogP contribution is -2.36. The maximum Gasteiger partial charge on any atom is 0.315 e. The Morgan fingerprint density at radius 3 is 2.54 bits per heavy atom. The van der Waals surface area contributed by atoms with Crippen molar-refractivity contribution in [2.75, 3.05) is 58.5 Å². The van der Waals surface area contributed by atoms with E-state index in [-0.39, 0.29) is 24.0 Å². The van der Waals surface area contributed by atoms with Gasteiger partial charge >= 0.3 is 6.03 Å². The maximum atomic E-state index is 11.8. The second kappa shape index (κ2) is 14.0. The van der Waals surface area contributed by atoms with Crippen LogP contribution in [0.4, 0.5) is 4.79 Å². The highest BCUT2D eigenvalue weighted by atomic mass is 32.2. The van der Waals surface area contributed by atoms with Crippen molar-refractivity contribution >= 4 is 23.7 Å². The molecule has 2 rings (SSSR count). The molecule has 2 saturated heterocycles. The van der Waals surface area contributed by atoms with Crippen molar-refractivity contribution < 1.29 is 23.8 Å².